The lowest BCUT2D eigenvalue weighted by atomic mass is 9.67. The zero-order valence-corrected chi connectivity index (χ0v) is 31.7. The average Bonchev–Trinajstić information content (AvgIpc) is 3.54. The summed E-state index contributed by atoms with van der Waals surface area (Å²) in [6, 6.07) is 23.7. The summed E-state index contributed by atoms with van der Waals surface area (Å²) in [7, 11) is 0. The molecule has 4 aliphatic heterocycles. The van der Waals surface area contributed by atoms with Crippen LogP contribution in [0.25, 0.3) is 0 Å². The van der Waals surface area contributed by atoms with Gasteiger partial charge in [0, 0.05) is 99.5 Å². The molecule has 0 bridgehead atoms. The van der Waals surface area contributed by atoms with Crippen LogP contribution in [0.4, 0.5) is 24.5 Å². The number of amides is 3. The van der Waals surface area contributed by atoms with Gasteiger partial charge in [-0.15, -0.1) is 0 Å². The van der Waals surface area contributed by atoms with Crippen LogP contribution in [0.2, 0.25) is 0 Å². The standard InChI is InChI=1S/C45H46F3N5O4/c46-39-23-32(7-10-36(39)42-35-11-8-33(54)24-38(35)45(47,48)25-37(42)29-4-2-1-3-5-29)51-16-14-28(15-17-51)26-50-18-20-52(21-19-50)31-6-9-34-30(22-31)27-53(44(34)57)40-12-13-41(55)49-43(40)56/h1-11,22-24,28,37,40,42,54H,12-21,25-27H2,(H,49,55,56)/t37-,40-,42+/m0/s1. The molecule has 4 aromatic carbocycles. The molecule has 3 fully saturated rings. The number of piperazine rings is 1. The van der Waals surface area contributed by atoms with Crippen LogP contribution in [0.15, 0.2) is 84.9 Å². The van der Waals surface area contributed by atoms with Crippen LogP contribution in [0.3, 0.4) is 0 Å². The number of carbonyl (C=O) groups excluding carboxylic acids is 3. The molecule has 4 heterocycles. The second-order valence-corrected chi connectivity index (χ2v) is 16.3. The SMILES string of the molecule is O=C1CC[C@H](N2Cc3cc(N4CCN(CC5CCN(c6ccc([C@H]7c8ccc(O)cc8C(F)(F)C[C@H]7c7ccccc7)c(F)c6)CC5)CC4)ccc3C2=O)C(=O)N1. The smallest absolute Gasteiger partial charge is 0.274 e. The van der Waals surface area contributed by atoms with Gasteiger partial charge in [-0.3, -0.25) is 24.6 Å². The van der Waals surface area contributed by atoms with Crippen molar-refractivity contribution >= 4 is 29.1 Å². The highest BCUT2D eigenvalue weighted by molar-refractivity contribution is 6.05. The van der Waals surface area contributed by atoms with E-state index in [0.29, 0.717) is 35.6 Å². The van der Waals surface area contributed by atoms with Gasteiger partial charge in [0.2, 0.25) is 11.8 Å². The molecule has 0 unspecified atom stereocenters. The van der Waals surface area contributed by atoms with Crippen molar-refractivity contribution in [2.24, 2.45) is 5.92 Å². The number of nitrogens with one attached hydrogen (secondary N) is 1. The van der Waals surface area contributed by atoms with Gasteiger partial charge >= 0.3 is 0 Å². The molecule has 1 aliphatic carbocycles. The van der Waals surface area contributed by atoms with E-state index in [1.807, 2.05) is 48.5 Å². The van der Waals surface area contributed by atoms with Gasteiger partial charge in [-0.1, -0.05) is 42.5 Å². The number of hydrogen-bond donors (Lipinski definition) is 2. The van der Waals surface area contributed by atoms with Crippen molar-refractivity contribution in [1.29, 1.82) is 0 Å². The fourth-order valence-corrected chi connectivity index (χ4v) is 9.90. The second kappa shape index (κ2) is 14.9. The number of anilines is 2. The first-order valence-corrected chi connectivity index (χ1v) is 20.1. The van der Waals surface area contributed by atoms with E-state index >= 15 is 13.2 Å². The summed E-state index contributed by atoms with van der Waals surface area (Å²) >= 11 is 0. The Morgan fingerprint density at radius 1 is 0.772 bits per heavy atom. The molecule has 3 saturated heterocycles. The number of halogens is 3. The maximum atomic E-state index is 16.3. The Hall–Kier alpha value is -5.36. The fraction of sp³-hybridized carbons (Fsp3) is 0.400. The molecule has 0 spiro atoms. The van der Waals surface area contributed by atoms with Gasteiger partial charge in [0.25, 0.3) is 11.8 Å². The number of carbonyl (C=O) groups is 3. The minimum Gasteiger partial charge on any atom is -0.508 e. The first-order chi connectivity index (χ1) is 27.5. The molecule has 0 radical (unpaired) electrons. The van der Waals surface area contributed by atoms with Crippen LogP contribution in [-0.4, -0.2) is 84.5 Å². The Balaban J connectivity index is 0.808. The van der Waals surface area contributed by atoms with Crippen molar-refractivity contribution in [3.63, 3.8) is 0 Å². The number of fused-ring (bicyclic) bond motifs is 2. The molecule has 3 amide bonds. The quantitative estimate of drug-likeness (QED) is 0.201. The molecule has 9 rings (SSSR count). The molecular formula is C45H46F3N5O4. The predicted molar refractivity (Wildman–Crippen MR) is 210 cm³/mol. The summed E-state index contributed by atoms with van der Waals surface area (Å²) in [5, 5.41) is 12.5. The van der Waals surface area contributed by atoms with Crippen molar-refractivity contribution in [2.75, 3.05) is 55.6 Å². The van der Waals surface area contributed by atoms with E-state index in [1.54, 1.807) is 17.0 Å². The minimum atomic E-state index is -3.17. The summed E-state index contributed by atoms with van der Waals surface area (Å²) in [6.07, 6.45) is 2.06. The molecule has 4 aromatic rings. The third kappa shape index (κ3) is 7.13. The maximum Gasteiger partial charge on any atom is 0.274 e. The molecule has 5 aliphatic rings. The maximum absolute atomic E-state index is 16.3. The van der Waals surface area contributed by atoms with E-state index in [9.17, 15) is 19.5 Å². The lowest BCUT2D eigenvalue weighted by Gasteiger charge is -2.40. The van der Waals surface area contributed by atoms with Gasteiger partial charge in [-0.05, 0) is 89.9 Å². The van der Waals surface area contributed by atoms with Gasteiger partial charge in [-0.2, -0.15) is 0 Å². The number of imide groups is 1. The monoisotopic (exact) mass is 777 g/mol. The fourth-order valence-electron chi connectivity index (χ4n) is 9.90. The van der Waals surface area contributed by atoms with Gasteiger partial charge < -0.3 is 19.8 Å². The number of aromatic hydroxyl groups is 1. The van der Waals surface area contributed by atoms with Crippen molar-refractivity contribution in [2.45, 2.75) is 62.4 Å². The molecule has 9 nitrogen and oxygen atoms in total. The first-order valence-electron chi connectivity index (χ1n) is 20.1. The van der Waals surface area contributed by atoms with Crippen LogP contribution < -0.4 is 15.1 Å². The van der Waals surface area contributed by atoms with Crippen LogP contribution in [0.5, 0.6) is 5.75 Å². The Morgan fingerprint density at radius 3 is 2.21 bits per heavy atom. The number of nitrogens with zero attached hydrogens (tertiary/aromatic N) is 4. The molecule has 3 atom stereocenters. The lowest BCUT2D eigenvalue weighted by molar-refractivity contribution is -0.136. The third-order valence-corrected chi connectivity index (χ3v) is 12.9. The van der Waals surface area contributed by atoms with Gasteiger partial charge in [0.1, 0.15) is 17.6 Å². The van der Waals surface area contributed by atoms with Gasteiger partial charge in [-0.25, -0.2) is 13.2 Å². The topological polar surface area (TPSA) is 96.4 Å². The average molecular weight is 778 g/mol. The van der Waals surface area contributed by atoms with E-state index in [1.165, 1.54) is 12.1 Å². The molecule has 2 N–H and O–H groups in total. The van der Waals surface area contributed by atoms with Crippen molar-refractivity contribution in [3.05, 3.63) is 124 Å². The van der Waals surface area contributed by atoms with Gasteiger partial charge in [0.05, 0.1) is 0 Å². The van der Waals surface area contributed by atoms with Gasteiger partial charge in [0.15, 0.2) is 0 Å². The number of alkyl halides is 2. The summed E-state index contributed by atoms with van der Waals surface area (Å²) < 4.78 is 47.4. The Labute approximate surface area is 330 Å². The zero-order chi connectivity index (χ0) is 39.4. The third-order valence-electron chi connectivity index (χ3n) is 12.9. The van der Waals surface area contributed by atoms with Crippen LogP contribution in [-0.2, 0) is 22.1 Å². The van der Waals surface area contributed by atoms with Crippen molar-refractivity contribution in [3.8, 4) is 5.75 Å². The predicted octanol–water partition coefficient (Wildman–Crippen LogP) is 6.74. The summed E-state index contributed by atoms with van der Waals surface area (Å²) in [4.78, 5) is 45.9. The number of rotatable bonds is 7. The first kappa shape index (κ1) is 37.2. The van der Waals surface area contributed by atoms with Crippen molar-refractivity contribution < 1.29 is 32.7 Å². The highest BCUT2D eigenvalue weighted by Gasteiger charge is 2.48. The van der Waals surface area contributed by atoms with Crippen LogP contribution in [0, 0.1) is 11.7 Å². The Kier molecular flexibility index (Phi) is 9.71. The summed E-state index contributed by atoms with van der Waals surface area (Å²) in [5.41, 5.74) is 4.60. The number of phenols is 1. The van der Waals surface area contributed by atoms with E-state index in [4.69, 9.17) is 0 Å². The minimum absolute atomic E-state index is 0.163. The molecule has 0 aromatic heterocycles. The van der Waals surface area contributed by atoms with E-state index in [-0.39, 0.29) is 29.5 Å². The highest BCUT2D eigenvalue weighted by Crippen LogP contribution is 2.55. The van der Waals surface area contributed by atoms with E-state index in [0.717, 1.165) is 87.2 Å². The Bertz CT molecular complexity index is 2200. The van der Waals surface area contributed by atoms with Crippen LogP contribution in [0.1, 0.15) is 82.1 Å². The van der Waals surface area contributed by atoms with E-state index in [2.05, 4.69) is 26.1 Å². The molecule has 57 heavy (non-hydrogen) atoms. The number of phenolic OH excluding ortho intramolecular Hbond substituents is 1. The second-order valence-electron chi connectivity index (χ2n) is 16.3. The zero-order valence-electron chi connectivity index (χ0n) is 31.7. The Morgan fingerprint density at radius 2 is 1.47 bits per heavy atom. The molecule has 0 saturated carbocycles. The molecule has 296 valence electrons. The van der Waals surface area contributed by atoms with Crippen LogP contribution >= 0.6 is 0 Å². The van der Waals surface area contributed by atoms with E-state index < -0.39 is 41.9 Å². The number of benzene rings is 4. The number of hydrogen-bond acceptors (Lipinski definition) is 7. The number of piperidine rings is 2. The lowest BCUT2D eigenvalue weighted by Crippen LogP contribution is -2.52. The van der Waals surface area contributed by atoms with Crippen molar-refractivity contribution in [1.82, 2.24) is 15.1 Å². The highest BCUT2D eigenvalue weighted by atomic mass is 19.3. The normalized spacial score (nSPS) is 24.0. The largest absolute Gasteiger partial charge is 0.508 e. The molecular weight excluding hydrogens is 732 g/mol. The summed E-state index contributed by atoms with van der Waals surface area (Å²) in [5.74, 6) is -5.44. The molecule has 12 heteroatoms. The summed E-state index contributed by atoms with van der Waals surface area (Å²) in [6.45, 7) is 6.54.